The highest BCUT2D eigenvalue weighted by Crippen LogP contribution is 2.26. The van der Waals surface area contributed by atoms with Gasteiger partial charge in [-0.25, -0.2) is 0 Å². The van der Waals surface area contributed by atoms with Crippen molar-refractivity contribution in [2.45, 2.75) is 12.8 Å². The van der Waals surface area contributed by atoms with Crippen molar-refractivity contribution >= 4 is 10.8 Å². The predicted octanol–water partition coefficient (Wildman–Crippen LogP) is 3.63. The first-order valence-corrected chi connectivity index (χ1v) is 6.89. The summed E-state index contributed by atoms with van der Waals surface area (Å²) in [5.41, 5.74) is 9.50. The Bertz CT molecular complexity index is 720. The molecule has 0 amide bonds. The molecule has 0 aliphatic heterocycles. The lowest BCUT2D eigenvalue weighted by atomic mass is 9.93. The summed E-state index contributed by atoms with van der Waals surface area (Å²) in [5, 5.41) is 2.52. The fourth-order valence-electron chi connectivity index (χ4n) is 2.61. The molecule has 2 nitrogen and oxygen atoms in total. The summed E-state index contributed by atoms with van der Waals surface area (Å²) in [5.74, 6) is 0.155. The van der Waals surface area contributed by atoms with Crippen LogP contribution in [0.3, 0.4) is 0 Å². The molecule has 1 heterocycles. The fourth-order valence-corrected chi connectivity index (χ4v) is 2.61. The first kappa shape index (κ1) is 12.8. The van der Waals surface area contributed by atoms with E-state index in [1.54, 1.807) is 0 Å². The van der Waals surface area contributed by atoms with Gasteiger partial charge in [0, 0.05) is 24.4 Å². The van der Waals surface area contributed by atoms with E-state index in [2.05, 4.69) is 48.3 Å². The summed E-state index contributed by atoms with van der Waals surface area (Å²) < 4.78 is 0. The Kier molecular flexibility index (Phi) is 3.48. The molecule has 1 unspecified atom stereocenters. The number of aromatic nitrogens is 1. The third kappa shape index (κ3) is 2.43. The van der Waals surface area contributed by atoms with Gasteiger partial charge in [-0.2, -0.15) is 0 Å². The summed E-state index contributed by atoms with van der Waals surface area (Å²) in [6.07, 6.45) is 1.82. The van der Waals surface area contributed by atoms with Crippen LogP contribution in [-0.4, -0.2) is 11.5 Å². The van der Waals surface area contributed by atoms with Gasteiger partial charge in [0.1, 0.15) is 0 Å². The van der Waals surface area contributed by atoms with Gasteiger partial charge < -0.3 is 5.73 Å². The van der Waals surface area contributed by atoms with Crippen LogP contribution >= 0.6 is 0 Å². The highest BCUT2D eigenvalue weighted by atomic mass is 14.7. The summed E-state index contributed by atoms with van der Waals surface area (Å²) in [6.45, 7) is 2.68. The van der Waals surface area contributed by atoms with Crippen molar-refractivity contribution in [3.05, 3.63) is 77.6 Å². The predicted molar refractivity (Wildman–Crippen MR) is 83.8 cm³/mol. The zero-order chi connectivity index (χ0) is 13.9. The number of pyridine rings is 1. The van der Waals surface area contributed by atoms with Crippen molar-refractivity contribution in [1.82, 2.24) is 4.98 Å². The molecule has 20 heavy (non-hydrogen) atoms. The lowest BCUT2D eigenvalue weighted by Gasteiger charge is -2.15. The number of benzene rings is 2. The molecule has 2 heteroatoms. The Morgan fingerprint density at radius 3 is 2.55 bits per heavy atom. The van der Waals surface area contributed by atoms with Gasteiger partial charge in [0.25, 0.3) is 0 Å². The number of nitrogens with two attached hydrogens (primary N) is 1. The highest BCUT2D eigenvalue weighted by molar-refractivity contribution is 5.84. The first-order valence-electron chi connectivity index (χ1n) is 6.89. The zero-order valence-electron chi connectivity index (χ0n) is 11.6. The van der Waals surface area contributed by atoms with Crippen LogP contribution in [0.4, 0.5) is 0 Å². The summed E-state index contributed by atoms with van der Waals surface area (Å²) in [4.78, 5) is 4.44. The van der Waals surface area contributed by atoms with Crippen LogP contribution in [0.2, 0.25) is 0 Å². The van der Waals surface area contributed by atoms with E-state index in [9.17, 15) is 0 Å². The number of nitrogens with zero attached hydrogens (tertiary/aromatic N) is 1. The van der Waals surface area contributed by atoms with Crippen molar-refractivity contribution in [1.29, 1.82) is 0 Å². The average molecular weight is 262 g/mol. The van der Waals surface area contributed by atoms with Gasteiger partial charge in [0.05, 0.1) is 0 Å². The van der Waals surface area contributed by atoms with Gasteiger partial charge in [-0.15, -0.1) is 0 Å². The van der Waals surface area contributed by atoms with Crippen molar-refractivity contribution < 1.29 is 0 Å². The van der Waals surface area contributed by atoms with Crippen LogP contribution in [0.5, 0.6) is 0 Å². The minimum absolute atomic E-state index is 0.155. The van der Waals surface area contributed by atoms with Gasteiger partial charge in [-0.1, -0.05) is 48.0 Å². The van der Waals surface area contributed by atoms with Crippen LogP contribution in [0.25, 0.3) is 10.8 Å². The third-order valence-electron chi connectivity index (χ3n) is 3.70. The summed E-state index contributed by atoms with van der Waals surface area (Å²) in [6, 6.07) is 19.0. The summed E-state index contributed by atoms with van der Waals surface area (Å²) >= 11 is 0. The van der Waals surface area contributed by atoms with E-state index in [4.69, 9.17) is 5.73 Å². The second kappa shape index (κ2) is 5.43. The average Bonchev–Trinajstić information content (AvgIpc) is 2.49. The van der Waals surface area contributed by atoms with E-state index in [0.29, 0.717) is 6.54 Å². The molecule has 0 fully saturated rings. The van der Waals surface area contributed by atoms with E-state index in [-0.39, 0.29) is 5.92 Å². The molecule has 100 valence electrons. The number of hydrogen-bond donors (Lipinski definition) is 1. The van der Waals surface area contributed by atoms with E-state index in [1.807, 2.05) is 24.4 Å². The second-order valence-electron chi connectivity index (χ2n) is 5.15. The highest BCUT2D eigenvalue weighted by Gasteiger charge is 2.13. The Labute approximate surface area is 119 Å². The summed E-state index contributed by atoms with van der Waals surface area (Å²) in [7, 11) is 0. The fraction of sp³-hybridized carbons (Fsp3) is 0.167. The minimum Gasteiger partial charge on any atom is -0.329 e. The van der Waals surface area contributed by atoms with Crippen molar-refractivity contribution in [3.8, 4) is 0 Å². The molecule has 2 N–H and O–H groups in total. The van der Waals surface area contributed by atoms with Gasteiger partial charge in [0.2, 0.25) is 0 Å². The van der Waals surface area contributed by atoms with Gasteiger partial charge in [0.15, 0.2) is 0 Å². The normalized spacial score (nSPS) is 12.5. The van der Waals surface area contributed by atoms with Crippen LogP contribution < -0.4 is 5.73 Å². The van der Waals surface area contributed by atoms with Crippen molar-refractivity contribution in [2.75, 3.05) is 6.54 Å². The Hall–Kier alpha value is -2.19. The Balaban J connectivity index is 2.06. The van der Waals surface area contributed by atoms with E-state index in [0.717, 1.165) is 5.69 Å². The molecule has 0 aliphatic carbocycles. The maximum absolute atomic E-state index is 5.97. The number of rotatable bonds is 3. The van der Waals surface area contributed by atoms with Gasteiger partial charge in [-0.05, 0) is 35.4 Å². The van der Waals surface area contributed by atoms with Crippen molar-refractivity contribution in [2.24, 2.45) is 5.73 Å². The number of aryl methyl sites for hydroxylation is 1. The standard InChI is InChI=1S/C18H18N2/c1-13-5-6-15-11-16(8-7-14(15)10-13)17(12-19)18-4-2-3-9-20-18/h2-11,17H,12,19H2,1H3. The lowest BCUT2D eigenvalue weighted by molar-refractivity contribution is 0.788. The van der Waals surface area contributed by atoms with Crippen LogP contribution in [-0.2, 0) is 0 Å². The number of fused-ring (bicyclic) bond motifs is 1. The molecule has 2 aromatic carbocycles. The maximum atomic E-state index is 5.97. The van der Waals surface area contributed by atoms with Crippen molar-refractivity contribution in [3.63, 3.8) is 0 Å². The molecular weight excluding hydrogens is 244 g/mol. The molecule has 1 aromatic heterocycles. The molecule has 0 bridgehead atoms. The molecule has 0 saturated heterocycles. The second-order valence-corrected chi connectivity index (χ2v) is 5.15. The Morgan fingerprint density at radius 2 is 1.80 bits per heavy atom. The molecule has 3 aromatic rings. The number of hydrogen-bond acceptors (Lipinski definition) is 2. The molecule has 0 spiro atoms. The lowest BCUT2D eigenvalue weighted by Crippen LogP contribution is -2.14. The zero-order valence-corrected chi connectivity index (χ0v) is 11.6. The van der Waals surface area contributed by atoms with Crippen LogP contribution in [0.1, 0.15) is 22.7 Å². The minimum atomic E-state index is 0.155. The quantitative estimate of drug-likeness (QED) is 0.782. The van der Waals surface area contributed by atoms with Crippen LogP contribution in [0.15, 0.2) is 60.8 Å². The molecule has 0 saturated carbocycles. The topological polar surface area (TPSA) is 38.9 Å². The van der Waals surface area contributed by atoms with Gasteiger partial charge >= 0.3 is 0 Å². The Morgan fingerprint density at radius 1 is 1.00 bits per heavy atom. The molecule has 0 radical (unpaired) electrons. The van der Waals surface area contributed by atoms with E-state index in [1.165, 1.54) is 21.9 Å². The van der Waals surface area contributed by atoms with Gasteiger partial charge in [-0.3, -0.25) is 4.98 Å². The maximum Gasteiger partial charge on any atom is 0.0491 e. The largest absolute Gasteiger partial charge is 0.329 e. The molecule has 3 rings (SSSR count). The monoisotopic (exact) mass is 262 g/mol. The van der Waals surface area contributed by atoms with E-state index < -0.39 is 0 Å². The van der Waals surface area contributed by atoms with E-state index >= 15 is 0 Å². The molecule has 1 atom stereocenters. The molecular formula is C18H18N2. The first-order chi connectivity index (χ1) is 9.78. The SMILES string of the molecule is Cc1ccc2cc(C(CN)c3ccccn3)ccc2c1. The smallest absolute Gasteiger partial charge is 0.0491 e. The van der Waals surface area contributed by atoms with Crippen LogP contribution in [0, 0.1) is 6.92 Å². The third-order valence-corrected chi connectivity index (χ3v) is 3.70. The molecule has 0 aliphatic rings.